The molecule has 7 nitrogen and oxygen atoms in total. The monoisotopic (exact) mass is 593 g/mol. The topological polar surface area (TPSA) is 80.8 Å². The number of fused-ring (bicyclic) bond motifs is 1. The van der Waals surface area contributed by atoms with Crippen LogP contribution in [-0.4, -0.2) is 41.4 Å². The van der Waals surface area contributed by atoms with Crippen LogP contribution in [0.25, 0.3) is 10.8 Å². The number of rotatable bonds is 10. The van der Waals surface area contributed by atoms with Crippen molar-refractivity contribution in [2.75, 3.05) is 13.7 Å². The van der Waals surface area contributed by atoms with Crippen LogP contribution in [0.5, 0.6) is 17.2 Å². The van der Waals surface area contributed by atoms with Gasteiger partial charge in [0.2, 0.25) is 5.91 Å². The summed E-state index contributed by atoms with van der Waals surface area (Å²) >= 11 is 0. The van der Waals surface area contributed by atoms with Gasteiger partial charge in [0.05, 0.1) is 6.61 Å². The quantitative estimate of drug-likeness (QED) is 0.204. The molecule has 1 fully saturated rings. The van der Waals surface area contributed by atoms with Gasteiger partial charge in [0, 0.05) is 25.2 Å². The number of nitrogens with zero attached hydrogens (tertiary/aromatic N) is 2. The van der Waals surface area contributed by atoms with Crippen molar-refractivity contribution in [3.63, 3.8) is 0 Å². The number of nitrogens with one attached hydrogen (secondary N) is 1. The molecule has 44 heavy (non-hydrogen) atoms. The third kappa shape index (κ3) is 7.95. The van der Waals surface area contributed by atoms with Gasteiger partial charge >= 0.3 is 0 Å². The molecule has 1 atom stereocenters. The van der Waals surface area contributed by atoms with E-state index >= 15 is 0 Å². The van der Waals surface area contributed by atoms with Crippen LogP contribution in [0, 0.1) is 5.92 Å². The van der Waals surface area contributed by atoms with Gasteiger partial charge in [0.25, 0.3) is 5.91 Å². The Labute approximate surface area is 260 Å². The second kappa shape index (κ2) is 13.5. The molecule has 230 valence electrons. The number of hydrogen-bond donors (Lipinski definition) is 1. The van der Waals surface area contributed by atoms with E-state index in [1.165, 1.54) is 31.2 Å². The molecule has 2 amide bonds. The molecule has 5 rings (SSSR count). The summed E-state index contributed by atoms with van der Waals surface area (Å²) < 4.78 is 12.0. The van der Waals surface area contributed by atoms with Crippen molar-refractivity contribution in [2.45, 2.75) is 71.4 Å². The molecule has 0 saturated heterocycles. The summed E-state index contributed by atoms with van der Waals surface area (Å²) in [5.74, 6) is 2.32. The van der Waals surface area contributed by atoms with Gasteiger partial charge < -0.3 is 19.7 Å². The molecular formula is C37H43N3O4. The van der Waals surface area contributed by atoms with E-state index in [0.717, 1.165) is 34.4 Å². The van der Waals surface area contributed by atoms with Crippen LogP contribution in [0.1, 0.15) is 75.0 Å². The van der Waals surface area contributed by atoms with Crippen molar-refractivity contribution in [1.82, 2.24) is 15.2 Å². The number of carbonyl (C=O) groups excluding carboxylic acids is 2. The van der Waals surface area contributed by atoms with E-state index in [1.807, 2.05) is 54.6 Å². The molecule has 1 aromatic heterocycles. The molecule has 1 N–H and O–H groups in total. The Morgan fingerprint density at radius 1 is 0.909 bits per heavy atom. The van der Waals surface area contributed by atoms with Crippen molar-refractivity contribution >= 4 is 22.6 Å². The molecule has 1 aliphatic rings. The Hall–Kier alpha value is -4.39. The molecule has 7 heteroatoms. The zero-order chi connectivity index (χ0) is 31.3. The summed E-state index contributed by atoms with van der Waals surface area (Å²) in [5.41, 5.74) is 2.53. The van der Waals surface area contributed by atoms with Gasteiger partial charge in [-0.3, -0.25) is 14.6 Å². The van der Waals surface area contributed by atoms with Crippen LogP contribution in [0.15, 0.2) is 79.0 Å². The minimum absolute atomic E-state index is 0.0682. The summed E-state index contributed by atoms with van der Waals surface area (Å²) in [5, 5.41) is 4.51. The predicted molar refractivity (Wildman–Crippen MR) is 174 cm³/mol. The third-order valence-electron chi connectivity index (χ3n) is 8.28. The van der Waals surface area contributed by atoms with Crippen LogP contribution in [0.2, 0.25) is 0 Å². The Morgan fingerprint density at radius 3 is 2.25 bits per heavy atom. The van der Waals surface area contributed by atoms with Crippen LogP contribution >= 0.6 is 0 Å². The van der Waals surface area contributed by atoms with E-state index in [0.29, 0.717) is 18.2 Å². The Balaban J connectivity index is 1.16. The third-order valence-corrected chi connectivity index (χ3v) is 8.28. The lowest BCUT2D eigenvalue weighted by atomic mass is 9.87. The smallest absolute Gasteiger partial charge is 0.270 e. The van der Waals surface area contributed by atoms with Crippen molar-refractivity contribution in [2.24, 2.45) is 5.92 Å². The number of benzene rings is 3. The van der Waals surface area contributed by atoms with Crippen LogP contribution < -0.4 is 14.8 Å². The van der Waals surface area contributed by atoms with Gasteiger partial charge in [0.15, 0.2) is 0 Å². The van der Waals surface area contributed by atoms with Crippen molar-refractivity contribution in [3.8, 4) is 17.2 Å². The first-order valence-electron chi connectivity index (χ1n) is 15.5. The van der Waals surface area contributed by atoms with Gasteiger partial charge in [-0.2, -0.15) is 0 Å². The number of likely N-dealkylation sites (N-methyl/N-ethyl adjacent to an activating group) is 1. The SMILES string of the molecule is C[C@H](NC(=O)c1cc2cc(Oc3ccc(C(C)(C)C)cc3)ccc2cn1)C(=O)N(C)Cc1ccc(OCC2CCCC2)cc1. The maximum atomic E-state index is 13.1. The second-order valence-electron chi connectivity index (χ2n) is 12.9. The van der Waals surface area contributed by atoms with E-state index < -0.39 is 11.9 Å². The predicted octanol–water partition coefficient (Wildman–Crippen LogP) is 7.67. The largest absolute Gasteiger partial charge is 0.493 e. The minimum Gasteiger partial charge on any atom is -0.493 e. The standard InChI is InChI=1S/C37H43N3O4/c1-25(36(42)40(5)23-26-10-15-31(16-11-26)43-24-27-8-6-7-9-27)39-35(41)34-21-29-20-33(17-12-28(29)22-38-34)44-32-18-13-30(14-19-32)37(2,3)4/h10-22,25,27H,6-9,23-24H2,1-5H3,(H,39,41)/t25-/m0/s1. The zero-order valence-electron chi connectivity index (χ0n) is 26.4. The van der Waals surface area contributed by atoms with E-state index in [1.54, 1.807) is 31.1 Å². The van der Waals surface area contributed by atoms with Crippen molar-refractivity contribution in [3.05, 3.63) is 95.8 Å². The summed E-state index contributed by atoms with van der Waals surface area (Å²) in [7, 11) is 1.74. The average Bonchev–Trinajstić information content (AvgIpc) is 3.53. The van der Waals surface area contributed by atoms with Gasteiger partial charge in [-0.1, -0.05) is 57.9 Å². The summed E-state index contributed by atoms with van der Waals surface area (Å²) in [6.45, 7) is 9.41. The number of pyridine rings is 1. The van der Waals surface area contributed by atoms with Crippen LogP contribution in [-0.2, 0) is 16.8 Å². The lowest BCUT2D eigenvalue weighted by Gasteiger charge is -2.22. The van der Waals surface area contributed by atoms with Gasteiger partial charge in [-0.25, -0.2) is 0 Å². The van der Waals surface area contributed by atoms with Crippen molar-refractivity contribution < 1.29 is 19.1 Å². The van der Waals surface area contributed by atoms with E-state index in [-0.39, 0.29) is 17.0 Å². The molecule has 4 aromatic rings. The van der Waals surface area contributed by atoms with E-state index in [9.17, 15) is 9.59 Å². The number of aromatic nitrogens is 1. The Morgan fingerprint density at radius 2 is 1.57 bits per heavy atom. The molecule has 1 aliphatic carbocycles. The maximum Gasteiger partial charge on any atom is 0.270 e. The number of hydrogen-bond acceptors (Lipinski definition) is 5. The van der Waals surface area contributed by atoms with E-state index in [4.69, 9.17) is 9.47 Å². The number of amides is 2. The van der Waals surface area contributed by atoms with E-state index in [2.05, 4.69) is 43.2 Å². The first-order valence-corrected chi connectivity index (χ1v) is 15.5. The first-order chi connectivity index (χ1) is 21.0. The lowest BCUT2D eigenvalue weighted by molar-refractivity contribution is -0.132. The molecule has 0 bridgehead atoms. The highest BCUT2D eigenvalue weighted by molar-refractivity contribution is 5.99. The maximum absolute atomic E-state index is 13.1. The molecular weight excluding hydrogens is 550 g/mol. The molecule has 1 saturated carbocycles. The highest BCUT2D eigenvalue weighted by atomic mass is 16.5. The fourth-order valence-corrected chi connectivity index (χ4v) is 5.56. The van der Waals surface area contributed by atoms with Gasteiger partial charge in [0.1, 0.15) is 29.0 Å². The number of carbonyl (C=O) groups is 2. The Bertz CT molecular complexity index is 1590. The Kier molecular flexibility index (Phi) is 9.52. The highest BCUT2D eigenvalue weighted by Crippen LogP contribution is 2.29. The summed E-state index contributed by atoms with van der Waals surface area (Å²) in [4.78, 5) is 32.1. The molecule has 1 heterocycles. The minimum atomic E-state index is -0.718. The van der Waals surface area contributed by atoms with Crippen molar-refractivity contribution in [1.29, 1.82) is 0 Å². The average molecular weight is 594 g/mol. The normalized spacial score (nSPS) is 14.3. The summed E-state index contributed by atoms with van der Waals surface area (Å²) in [6.07, 6.45) is 6.76. The zero-order valence-corrected chi connectivity index (χ0v) is 26.4. The molecule has 0 radical (unpaired) electrons. The fraction of sp³-hybridized carbons (Fsp3) is 0.378. The second-order valence-corrected chi connectivity index (χ2v) is 12.9. The highest BCUT2D eigenvalue weighted by Gasteiger charge is 2.21. The molecule has 3 aromatic carbocycles. The molecule has 0 spiro atoms. The van der Waals surface area contributed by atoms with Gasteiger partial charge in [-0.15, -0.1) is 0 Å². The number of ether oxygens (including phenoxy) is 2. The summed E-state index contributed by atoms with van der Waals surface area (Å²) in [6, 6.07) is 22.6. The van der Waals surface area contributed by atoms with Crippen LogP contribution in [0.4, 0.5) is 0 Å². The lowest BCUT2D eigenvalue weighted by Crippen LogP contribution is -2.45. The first kappa shape index (κ1) is 31.0. The fourth-order valence-electron chi connectivity index (χ4n) is 5.56. The molecule has 0 unspecified atom stereocenters. The van der Waals surface area contributed by atoms with Crippen LogP contribution in [0.3, 0.4) is 0 Å². The molecule has 0 aliphatic heterocycles. The van der Waals surface area contributed by atoms with Gasteiger partial charge in [-0.05, 0) is 96.1 Å².